The van der Waals surface area contributed by atoms with Crippen LogP contribution in [0.3, 0.4) is 0 Å². The first-order valence-electron chi connectivity index (χ1n) is 11.4. The highest BCUT2D eigenvalue weighted by molar-refractivity contribution is 14.1. The van der Waals surface area contributed by atoms with Gasteiger partial charge in [0.05, 0.1) is 30.3 Å². The summed E-state index contributed by atoms with van der Waals surface area (Å²) >= 11 is 1.94. The minimum atomic E-state index is -4.00. The lowest BCUT2D eigenvalue weighted by Gasteiger charge is -2.22. The predicted molar refractivity (Wildman–Crippen MR) is 152 cm³/mol. The van der Waals surface area contributed by atoms with Gasteiger partial charge in [0.25, 0.3) is 5.91 Å². The summed E-state index contributed by atoms with van der Waals surface area (Å²) < 4.78 is 74.9. The molecule has 0 aromatic heterocycles. The minimum absolute atomic E-state index is 0.00244. The number of carbonyl (C=O) groups excluding carboxylic acids is 1. The van der Waals surface area contributed by atoms with Gasteiger partial charge in [-0.1, -0.05) is 6.07 Å². The number of hydrogen-bond acceptors (Lipinski definition) is 7. The largest absolute Gasteiger partial charge is 0.456 e. The van der Waals surface area contributed by atoms with E-state index < -0.39 is 27.8 Å². The number of hydrogen-bond donors (Lipinski definition) is 3. The van der Waals surface area contributed by atoms with E-state index in [1.807, 2.05) is 22.6 Å². The fourth-order valence-electron chi connectivity index (χ4n) is 3.45. The molecule has 0 bridgehead atoms. The molecule has 0 saturated heterocycles. The Hall–Kier alpha value is -3.05. The zero-order valence-electron chi connectivity index (χ0n) is 21.0. The van der Waals surface area contributed by atoms with Gasteiger partial charge < -0.3 is 25.3 Å². The van der Waals surface area contributed by atoms with E-state index in [1.54, 1.807) is 6.07 Å². The summed E-state index contributed by atoms with van der Waals surface area (Å²) in [6.45, 7) is 0.526. The van der Waals surface area contributed by atoms with Crippen molar-refractivity contribution < 1.29 is 36.2 Å². The number of anilines is 3. The average Bonchev–Trinajstić information content (AvgIpc) is 2.85. The average molecular weight is 676 g/mol. The molecule has 0 spiro atoms. The van der Waals surface area contributed by atoms with Gasteiger partial charge >= 0.3 is 10.2 Å². The number of nitrogens with two attached hydrogens (primary N) is 1. The normalized spacial score (nSPS) is 11.4. The zero-order chi connectivity index (χ0) is 28.6. The van der Waals surface area contributed by atoms with E-state index in [9.17, 15) is 22.0 Å². The lowest BCUT2D eigenvalue weighted by atomic mass is 10.1. The van der Waals surface area contributed by atoms with Crippen LogP contribution in [-0.2, 0) is 19.7 Å². The van der Waals surface area contributed by atoms with Crippen LogP contribution in [-0.4, -0.2) is 59.2 Å². The molecule has 3 aromatic rings. The van der Waals surface area contributed by atoms with E-state index >= 15 is 0 Å². The summed E-state index contributed by atoms with van der Waals surface area (Å²) in [5.41, 5.74) is 5.37. The van der Waals surface area contributed by atoms with Crippen molar-refractivity contribution >= 4 is 55.8 Å². The molecule has 0 aliphatic rings. The zero-order valence-corrected chi connectivity index (χ0v) is 24.0. The lowest BCUT2D eigenvalue weighted by molar-refractivity contribution is 0.0999. The van der Waals surface area contributed by atoms with Gasteiger partial charge in [-0.15, -0.1) is 0 Å². The summed E-state index contributed by atoms with van der Waals surface area (Å²) in [6.07, 6.45) is 0. The van der Waals surface area contributed by atoms with Gasteiger partial charge in [-0.2, -0.15) is 12.7 Å². The van der Waals surface area contributed by atoms with E-state index in [1.165, 1.54) is 50.6 Å². The Kier molecular flexibility index (Phi) is 10.8. The molecule has 0 aliphatic carbocycles. The summed E-state index contributed by atoms with van der Waals surface area (Å²) in [5.74, 6) is -2.53. The van der Waals surface area contributed by atoms with Crippen molar-refractivity contribution in [2.24, 2.45) is 5.73 Å². The Labute approximate surface area is 238 Å². The van der Waals surface area contributed by atoms with E-state index in [0.717, 1.165) is 16.4 Å². The van der Waals surface area contributed by atoms with E-state index in [-0.39, 0.29) is 60.4 Å². The van der Waals surface area contributed by atoms with Gasteiger partial charge in [0.15, 0.2) is 0 Å². The fraction of sp³-hybridized carbons (Fsp3) is 0.240. The van der Waals surface area contributed by atoms with Crippen molar-refractivity contribution in [1.82, 2.24) is 4.31 Å². The number of nitrogens with one attached hydrogen (secondary N) is 2. The summed E-state index contributed by atoms with van der Waals surface area (Å²) in [7, 11) is -1.08. The number of benzene rings is 3. The van der Waals surface area contributed by atoms with Gasteiger partial charge in [-0.25, -0.2) is 8.78 Å². The van der Waals surface area contributed by atoms with Crippen molar-refractivity contribution in [3.63, 3.8) is 0 Å². The monoisotopic (exact) mass is 676 g/mol. The molecule has 4 N–H and O–H groups in total. The number of methoxy groups -OCH3 is 2. The second-order valence-electron chi connectivity index (χ2n) is 8.06. The van der Waals surface area contributed by atoms with Crippen molar-refractivity contribution in [1.29, 1.82) is 0 Å². The molecule has 0 atom stereocenters. The first kappa shape index (κ1) is 30.5. The Balaban J connectivity index is 1.90. The smallest absolute Gasteiger partial charge is 0.301 e. The Morgan fingerprint density at radius 3 is 2.31 bits per heavy atom. The molecule has 0 aliphatic heterocycles. The molecule has 3 aromatic carbocycles. The van der Waals surface area contributed by atoms with Gasteiger partial charge in [0, 0.05) is 43.0 Å². The summed E-state index contributed by atoms with van der Waals surface area (Å²) in [4.78, 5) is 12.3. The standard InChI is InChI=1S/C25H27F2IN4O6S/c1-36-10-8-32(9-11-37-2)39(34,35)31-18-4-3-5-19(15-18)38-23-13-16(26)12-22(24(23)25(29)33)30-21-7-6-17(28)14-20(21)27/h3-7,12-15,30-31H,8-11H2,1-2H3,(H2,29,33). The molecular formula is C25H27F2IN4O6S. The molecule has 3 rings (SSSR count). The second-order valence-corrected chi connectivity index (χ2v) is 11.0. The highest BCUT2D eigenvalue weighted by Gasteiger charge is 2.23. The maximum Gasteiger partial charge on any atom is 0.301 e. The van der Waals surface area contributed by atoms with Crippen LogP contribution < -0.4 is 20.5 Å². The van der Waals surface area contributed by atoms with Gasteiger partial charge in [-0.3, -0.25) is 9.52 Å². The van der Waals surface area contributed by atoms with Gasteiger partial charge in [-0.05, 0) is 59.0 Å². The number of halogens is 3. The first-order chi connectivity index (χ1) is 18.5. The highest BCUT2D eigenvalue weighted by Crippen LogP contribution is 2.35. The summed E-state index contributed by atoms with van der Waals surface area (Å²) in [6, 6.07) is 12.1. The molecule has 0 unspecified atom stereocenters. The first-order valence-corrected chi connectivity index (χ1v) is 13.9. The third kappa shape index (κ3) is 8.47. The molecule has 0 saturated carbocycles. The number of carbonyl (C=O) groups is 1. The number of amides is 1. The van der Waals surface area contributed by atoms with Crippen molar-refractivity contribution in [2.45, 2.75) is 0 Å². The Morgan fingerprint density at radius 1 is 1.00 bits per heavy atom. The molecular weight excluding hydrogens is 649 g/mol. The van der Waals surface area contributed by atoms with Crippen LogP contribution >= 0.6 is 22.6 Å². The maximum atomic E-state index is 14.6. The van der Waals surface area contributed by atoms with Crippen LogP contribution in [0.5, 0.6) is 11.5 Å². The van der Waals surface area contributed by atoms with Crippen LogP contribution in [0.2, 0.25) is 0 Å². The second kappa shape index (κ2) is 13.8. The Bertz CT molecular complexity index is 1420. The van der Waals surface area contributed by atoms with E-state index in [2.05, 4.69) is 10.0 Å². The van der Waals surface area contributed by atoms with Crippen LogP contribution in [0, 0.1) is 15.2 Å². The number of ether oxygens (including phenoxy) is 3. The third-order valence-electron chi connectivity index (χ3n) is 5.25. The molecule has 39 heavy (non-hydrogen) atoms. The van der Waals surface area contributed by atoms with Gasteiger partial charge in [0.2, 0.25) is 0 Å². The lowest BCUT2D eigenvalue weighted by Crippen LogP contribution is -2.40. The van der Waals surface area contributed by atoms with Crippen molar-refractivity contribution in [3.8, 4) is 11.5 Å². The molecule has 0 radical (unpaired) electrons. The molecule has 0 heterocycles. The fourth-order valence-corrected chi connectivity index (χ4v) is 5.09. The van der Waals surface area contributed by atoms with Crippen LogP contribution in [0.1, 0.15) is 10.4 Å². The quantitative estimate of drug-likeness (QED) is 0.215. The highest BCUT2D eigenvalue weighted by atomic mass is 127. The third-order valence-corrected chi connectivity index (χ3v) is 7.46. The number of primary amides is 1. The number of rotatable bonds is 14. The van der Waals surface area contributed by atoms with E-state index in [0.29, 0.717) is 3.57 Å². The van der Waals surface area contributed by atoms with Crippen LogP contribution in [0.25, 0.3) is 0 Å². The van der Waals surface area contributed by atoms with Gasteiger partial charge in [0.1, 0.15) is 28.7 Å². The molecule has 0 fully saturated rings. The van der Waals surface area contributed by atoms with Crippen molar-refractivity contribution in [3.05, 3.63) is 75.4 Å². The molecule has 1 amide bonds. The summed E-state index contributed by atoms with van der Waals surface area (Å²) in [5, 5.41) is 2.69. The number of nitrogens with zero attached hydrogens (tertiary/aromatic N) is 1. The van der Waals surface area contributed by atoms with Crippen LogP contribution in [0.15, 0.2) is 54.6 Å². The SMILES string of the molecule is COCCN(CCOC)S(=O)(=O)Nc1cccc(Oc2cc(F)cc(Nc3ccc(I)cc3F)c2C(N)=O)c1. The van der Waals surface area contributed by atoms with Crippen LogP contribution in [0.4, 0.5) is 25.8 Å². The predicted octanol–water partition coefficient (Wildman–Crippen LogP) is 4.46. The maximum absolute atomic E-state index is 14.6. The molecule has 210 valence electrons. The van der Waals surface area contributed by atoms with Crippen molar-refractivity contribution in [2.75, 3.05) is 50.6 Å². The topological polar surface area (TPSA) is 132 Å². The molecule has 14 heteroatoms. The Morgan fingerprint density at radius 2 is 1.69 bits per heavy atom. The van der Waals surface area contributed by atoms with E-state index in [4.69, 9.17) is 19.9 Å². The molecule has 10 nitrogen and oxygen atoms in total. The minimum Gasteiger partial charge on any atom is -0.456 e.